The molecule has 9 heteroatoms. The molecule has 0 aliphatic rings. The quantitative estimate of drug-likeness (QED) is 0.422. The molecule has 2 rings (SSSR count). The van der Waals surface area contributed by atoms with E-state index in [0.717, 1.165) is 6.42 Å². The van der Waals surface area contributed by atoms with Gasteiger partial charge in [0.15, 0.2) is 11.7 Å². The Morgan fingerprint density at radius 1 is 1.03 bits per heavy atom. The third-order valence-electron chi connectivity index (χ3n) is 3.82. The number of hydrogen-bond acceptors (Lipinski definition) is 5. The number of amides is 2. The Morgan fingerprint density at radius 2 is 1.73 bits per heavy atom. The Kier molecular flexibility index (Phi) is 9.37. The smallest absolute Gasteiger partial charge is 0.276 e. The Labute approximate surface area is 186 Å². The van der Waals surface area contributed by atoms with Gasteiger partial charge in [0.1, 0.15) is 11.5 Å². The van der Waals surface area contributed by atoms with Gasteiger partial charge in [0, 0.05) is 5.56 Å². The molecular formula is C21H24ClN3O4S. The highest BCUT2D eigenvalue weighted by Gasteiger charge is 2.10. The fourth-order valence-electron chi connectivity index (χ4n) is 2.19. The first-order chi connectivity index (χ1) is 14.3. The van der Waals surface area contributed by atoms with Crippen molar-refractivity contribution < 1.29 is 19.1 Å². The summed E-state index contributed by atoms with van der Waals surface area (Å²) >= 11 is 11.0. The van der Waals surface area contributed by atoms with Crippen LogP contribution in [0.25, 0.3) is 0 Å². The van der Waals surface area contributed by atoms with Crippen LogP contribution in [0.4, 0.5) is 0 Å². The number of hydrogen-bond donors (Lipinski definition) is 3. The van der Waals surface area contributed by atoms with E-state index >= 15 is 0 Å². The molecule has 0 radical (unpaired) electrons. The molecule has 3 N–H and O–H groups in total. The van der Waals surface area contributed by atoms with Gasteiger partial charge >= 0.3 is 0 Å². The molecule has 160 valence electrons. The van der Waals surface area contributed by atoms with E-state index in [9.17, 15) is 9.59 Å². The Balaban J connectivity index is 1.71. The zero-order valence-corrected chi connectivity index (χ0v) is 18.3. The minimum Gasteiger partial charge on any atom is -0.494 e. The molecule has 0 atom stereocenters. The molecule has 0 spiro atoms. The van der Waals surface area contributed by atoms with Crippen molar-refractivity contribution in [2.45, 2.75) is 20.3 Å². The van der Waals surface area contributed by atoms with Crippen LogP contribution in [-0.4, -0.2) is 30.1 Å². The maximum atomic E-state index is 12.2. The number of rotatable bonds is 8. The second-order valence-corrected chi connectivity index (χ2v) is 7.55. The van der Waals surface area contributed by atoms with Gasteiger partial charge in [-0.2, -0.15) is 0 Å². The Bertz CT molecular complexity index is 875. The second-order valence-electron chi connectivity index (χ2n) is 6.73. The van der Waals surface area contributed by atoms with E-state index < -0.39 is 11.8 Å². The summed E-state index contributed by atoms with van der Waals surface area (Å²) in [6.07, 6.45) is 0.956. The van der Waals surface area contributed by atoms with Gasteiger partial charge in [-0.1, -0.05) is 37.6 Å². The summed E-state index contributed by atoms with van der Waals surface area (Å²) < 4.78 is 10.9. The van der Waals surface area contributed by atoms with Crippen molar-refractivity contribution in [1.82, 2.24) is 16.2 Å². The molecular weight excluding hydrogens is 426 g/mol. The van der Waals surface area contributed by atoms with Crippen molar-refractivity contribution in [3.8, 4) is 11.5 Å². The predicted octanol–water partition coefficient (Wildman–Crippen LogP) is 3.48. The van der Waals surface area contributed by atoms with Gasteiger partial charge < -0.3 is 9.47 Å². The highest BCUT2D eigenvalue weighted by Crippen LogP contribution is 2.22. The molecule has 0 fully saturated rings. The van der Waals surface area contributed by atoms with Crippen LogP contribution in [0.15, 0.2) is 48.5 Å². The van der Waals surface area contributed by atoms with Gasteiger partial charge in [-0.3, -0.25) is 25.8 Å². The number of para-hydroxylation sites is 1. The molecule has 0 heterocycles. The van der Waals surface area contributed by atoms with Crippen molar-refractivity contribution in [3.05, 3.63) is 59.1 Å². The lowest BCUT2D eigenvalue weighted by molar-refractivity contribution is -0.123. The molecule has 0 saturated heterocycles. The molecule has 0 aromatic heterocycles. The number of carbonyl (C=O) groups is 2. The molecule has 0 aliphatic heterocycles. The number of benzene rings is 2. The first-order valence-corrected chi connectivity index (χ1v) is 10.1. The molecule has 2 amide bonds. The summed E-state index contributed by atoms with van der Waals surface area (Å²) in [5, 5.41) is 2.82. The van der Waals surface area contributed by atoms with E-state index in [4.69, 9.17) is 33.3 Å². The van der Waals surface area contributed by atoms with Crippen molar-refractivity contribution >= 4 is 40.7 Å². The molecule has 0 unspecified atom stereocenters. The second kappa shape index (κ2) is 12.0. The minimum atomic E-state index is -0.491. The van der Waals surface area contributed by atoms with Crippen LogP contribution in [0, 0.1) is 5.92 Å². The number of nitrogens with one attached hydrogen (secondary N) is 3. The van der Waals surface area contributed by atoms with E-state index in [1.807, 2.05) is 0 Å². The van der Waals surface area contributed by atoms with E-state index in [1.165, 1.54) is 0 Å². The van der Waals surface area contributed by atoms with Crippen LogP contribution in [0.1, 0.15) is 30.6 Å². The molecule has 0 saturated carbocycles. The largest absolute Gasteiger partial charge is 0.494 e. The van der Waals surface area contributed by atoms with E-state index in [0.29, 0.717) is 34.6 Å². The summed E-state index contributed by atoms with van der Waals surface area (Å²) in [7, 11) is 0. The maximum absolute atomic E-state index is 12.2. The highest BCUT2D eigenvalue weighted by atomic mass is 35.5. The van der Waals surface area contributed by atoms with Crippen LogP contribution < -0.4 is 25.6 Å². The third-order valence-corrected chi connectivity index (χ3v) is 4.33. The van der Waals surface area contributed by atoms with Crippen LogP contribution >= 0.6 is 23.8 Å². The van der Waals surface area contributed by atoms with Crippen molar-refractivity contribution in [2.75, 3.05) is 13.2 Å². The summed E-state index contributed by atoms with van der Waals surface area (Å²) in [5.74, 6) is 0.740. The number of ether oxygens (including phenoxy) is 2. The highest BCUT2D eigenvalue weighted by molar-refractivity contribution is 7.80. The maximum Gasteiger partial charge on any atom is 0.276 e. The first kappa shape index (κ1) is 23.4. The van der Waals surface area contributed by atoms with Crippen LogP contribution in [-0.2, 0) is 4.79 Å². The number of halogens is 1. The van der Waals surface area contributed by atoms with Crippen molar-refractivity contribution in [3.63, 3.8) is 0 Å². The number of thiocarbonyl (C=S) groups is 1. The van der Waals surface area contributed by atoms with Gasteiger partial charge in [-0.25, -0.2) is 0 Å². The van der Waals surface area contributed by atoms with Crippen molar-refractivity contribution in [2.24, 2.45) is 5.92 Å². The lowest BCUT2D eigenvalue weighted by Crippen LogP contribution is -2.49. The number of carbonyl (C=O) groups excluding carboxylic acids is 2. The van der Waals surface area contributed by atoms with E-state index in [1.54, 1.807) is 48.5 Å². The summed E-state index contributed by atoms with van der Waals surface area (Å²) in [6.45, 7) is 4.60. The average molecular weight is 450 g/mol. The monoisotopic (exact) mass is 449 g/mol. The lowest BCUT2D eigenvalue weighted by atomic mass is 10.1. The van der Waals surface area contributed by atoms with Crippen LogP contribution in [0.5, 0.6) is 11.5 Å². The van der Waals surface area contributed by atoms with Crippen molar-refractivity contribution in [1.29, 1.82) is 0 Å². The Morgan fingerprint density at radius 3 is 2.40 bits per heavy atom. The fourth-order valence-corrected chi connectivity index (χ4v) is 2.52. The normalized spacial score (nSPS) is 10.3. The molecule has 2 aromatic rings. The van der Waals surface area contributed by atoms with E-state index in [2.05, 4.69) is 30.0 Å². The molecule has 7 nitrogen and oxygen atoms in total. The van der Waals surface area contributed by atoms with E-state index in [-0.39, 0.29) is 11.7 Å². The molecule has 0 bridgehead atoms. The predicted molar refractivity (Wildman–Crippen MR) is 120 cm³/mol. The topological polar surface area (TPSA) is 88.7 Å². The van der Waals surface area contributed by atoms with Crippen LogP contribution in [0.3, 0.4) is 0 Å². The summed E-state index contributed by atoms with van der Waals surface area (Å²) in [5.41, 5.74) is 5.19. The zero-order valence-electron chi connectivity index (χ0n) is 16.7. The van der Waals surface area contributed by atoms with Gasteiger partial charge in [0.05, 0.1) is 11.6 Å². The Hall–Kier alpha value is -2.84. The third kappa shape index (κ3) is 8.26. The lowest BCUT2D eigenvalue weighted by Gasteiger charge is -2.12. The first-order valence-electron chi connectivity index (χ1n) is 9.35. The molecule has 0 aliphatic carbocycles. The SMILES string of the molecule is CC(C)CCOc1ccc(C(=O)NC(=S)NNC(=O)COc2ccccc2Cl)cc1. The standard InChI is InChI=1S/C21H24ClN3O4S/c1-14(2)11-12-28-16-9-7-15(8-10-16)20(27)23-21(30)25-24-19(26)13-29-18-6-4-3-5-17(18)22/h3-10,14H,11-13H2,1-2H3,(H,24,26)(H2,23,25,27,30). The minimum absolute atomic E-state index is 0.0525. The summed E-state index contributed by atoms with van der Waals surface area (Å²) in [6, 6.07) is 13.5. The summed E-state index contributed by atoms with van der Waals surface area (Å²) in [4.78, 5) is 24.1. The molecule has 2 aromatic carbocycles. The zero-order chi connectivity index (χ0) is 21.9. The fraction of sp³-hybridized carbons (Fsp3) is 0.286. The molecule has 30 heavy (non-hydrogen) atoms. The van der Waals surface area contributed by atoms with Gasteiger partial charge in [0.2, 0.25) is 0 Å². The van der Waals surface area contributed by atoms with Gasteiger partial charge in [0.25, 0.3) is 11.8 Å². The average Bonchev–Trinajstić information content (AvgIpc) is 2.72. The number of hydrazine groups is 1. The van der Waals surface area contributed by atoms with Crippen LogP contribution in [0.2, 0.25) is 5.02 Å². The van der Waals surface area contributed by atoms with Gasteiger partial charge in [-0.15, -0.1) is 0 Å². The van der Waals surface area contributed by atoms with Gasteiger partial charge in [-0.05, 0) is 61.0 Å².